The van der Waals surface area contributed by atoms with E-state index in [4.69, 9.17) is 4.74 Å². The minimum Gasteiger partial charge on any atom is -0.369 e. The van der Waals surface area contributed by atoms with Gasteiger partial charge in [0.2, 0.25) is 5.91 Å². The van der Waals surface area contributed by atoms with Gasteiger partial charge in [-0.15, -0.1) is 0 Å². The summed E-state index contributed by atoms with van der Waals surface area (Å²) >= 11 is 3.10. The molecular weight excluding hydrogens is 344 g/mol. The Labute approximate surface area is 150 Å². The van der Waals surface area contributed by atoms with E-state index in [1.165, 1.54) is 11.3 Å². The van der Waals surface area contributed by atoms with Gasteiger partial charge in [0.05, 0.1) is 24.0 Å². The Bertz CT molecular complexity index is 636. The highest BCUT2D eigenvalue weighted by molar-refractivity contribution is 7.99. The number of ether oxygens (including phenoxy) is 1. The van der Waals surface area contributed by atoms with Crippen molar-refractivity contribution in [1.29, 1.82) is 0 Å². The van der Waals surface area contributed by atoms with E-state index in [9.17, 15) is 9.59 Å². The van der Waals surface area contributed by atoms with E-state index >= 15 is 0 Å². The van der Waals surface area contributed by atoms with Gasteiger partial charge in [0.1, 0.15) is 0 Å². The number of thioether (sulfide) groups is 1. The topological polar surface area (TPSA) is 58.6 Å². The van der Waals surface area contributed by atoms with Gasteiger partial charge in [-0.05, 0) is 30.5 Å². The van der Waals surface area contributed by atoms with E-state index in [0.29, 0.717) is 24.1 Å². The lowest BCUT2D eigenvalue weighted by atomic mass is 9.73. The first kappa shape index (κ1) is 16.4. The maximum atomic E-state index is 12.3. The lowest BCUT2D eigenvalue weighted by molar-refractivity contribution is -0.128. The minimum absolute atomic E-state index is 0.0126. The molecule has 1 spiro atoms. The molecule has 24 heavy (non-hydrogen) atoms. The number of carbonyl (C=O) groups is 2. The Kier molecular flexibility index (Phi) is 4.34. The molecule has 4 atom stereocenters. The molecule has 0 radical (unpaired) electrons. The van der Waals surface area contributed by atoms with Gasteiger partial charge in [0, 0.05) is 35.9 Å². The van der Waals surface area contributed by atoms with E-state index in [1.54, 1.807) is 11.8 Å². The molecule has 0 unspecified atom stereocenters. The number of likely N-dealkylation sites (tertiary alicyclic amines) is 1. The average Bonchev–Trinajstić information content (AvgIpc) is 3.32. The fraction of sp³-hybridized carbons (Fsp3) is 0.647. The van der Waals surface area contributed by atoms with Crippen LogP contribution in [0.1, 0.15) is 23.2 Å². The van der Waals surface area contributed by atoms with Crippen molar-refractivity contribution in [1.82, 2.24) is 10.2 Å². The predicted molar refractivity (Wildman–Crippen MR) is 95.4 cm³/mol. The van der Waals surface area contributed by atoms with Crippen molar-refractivity contribution in [3.63, 3.8) is 0 Å². The molecule has 7 heteroatoms. The van der Waals surface area contributed by atoms with Gasteiger partial charge in [-0.25, -0.2) is 0 Å². The number of amides is 2. The van der Waals surface area contributed by atoms with Crippen molar-refractivity contribution in [2.24, 2.45) is 11.8 Å². The quantitative estimate of drug-likeness (QED) is 0.864. The summed E-state index contributed by atoms with van der Waals surface area (Å²) in [6, 6.07) is 1.84. The largest absolute Gasteiger partial charge is 0.369 e. The molecule has 1 aromatic heterocycles. The number of hydrogen-bond acceptors (Lipinski definition) is 5. The number of rotatable bonds is 5. The van der Waals surface area contributed by atoms with Gasteiger partial charge in [0.15, 0.2) is 0 Å². The Morgan fingerprint density at radius 2 is 2.42 bits per heavy atom. The van der Waals surface area contributed by atoms with Crippen LogP contribution in [0, 0.1) is 11.8 Å². The zero-order chi connectivity index (χ0) is 16.7. The number of carbonyl (C=O) groups excluding carboxylic acids is 2. The number of fused-ring (bicyclic) bond motifs is 1. The van der Waals surface area contributed by atoms with E-state index in [0.717, 1.165) is 31.5 Å². The first-order valence-electron chi connectivity index (χ1n) is 8.38. The molecule has 3 aliphatic heterocycles. The Morgan fingerprint density at radius 1 is 1.54 bits per heavy atom. The fourth-order valence-corrected chi connectivity index (χ4v) is 5.64. The highest BCUT2D eigenvalue weighted by Crippen LogP contribution is 2.54. The molecule has 1 aromatic rings. The average molecular weight is 367 g/mol. The molecule has 0 aliphatic carbocycles. The maximum Gasteiger partial charge on any atom is 0.252 e. The molecule has 130 valence electrons. The summed E-state index contributed by atoms with van der Waals surface area (Å²) in [5.41, 5.74) is 0.568. The molecule has 1 N–H and O–H groups in total. The van der Waals surface area contributed by atoms with Crippen molar-refractivity contribution < 1.29 is 14.3 Å². The molecule has 3 fully saturated rings. The molecular formula is C17H22N2O3S2. The van der Waals surface area contributed by atoms with Crippen molar-refractivity contribution in [2.45, 2.75) is 24.5 Å². The smallest absolute Gasteiger partial charge is 0.252 e. The minimum atomic E-state index is -0.156. The second-order valence-corrected chi connectivity index (χ2v) is 8.61. The number of nitrogens with one attached hydrogen (secondary N) is 1. The standard InChI is InChI=1S/C17H22N2O3S2/c1-23-9-15(20)19-7-13-12(14-2-4-17(13,10-19)22-14)6-18-16(21)11-3-5-24-8-11/h3,5,8,12-14H,2,4,6-7,9-10H2,1H3,(H,18,21)/t12-,13+,14+,17+/m0/s1. The SMILES string of the molecule is CSCC(=O)N1C[C@@H]2[C@H](CNC(=O)c3ccsc3)[C@H]3CC[C@]2(C1)O3. The van der Waals surface area contributed by atoms with Crippen LogP contribution in [-0.4, -0.2) is 60.1 Å². The van der Waals surface area contributed by atoms with Crippen LogP contribution in [-0.2, 0) is 9.53 Å². The highest BCUT2D eigenvalue weighted by atomic mass is 32.2. The first-order chi connectivity index (χ1) is 11.6. The van der Waals surface area contributed by atoms with E-state index in [-0.39, 0.29) is 23.5 Å². The third-order valence-electron chi connectivity index (χ3n) is 5.69. The molecule has 0 aromatic carbocycles. The summed E-state index contributed by atoms with van der Waals surface area (Å²) in [5.74, 6) is 1.39. The van der Waals surface area contributed by atoms with Gasteiger partial charge in [-0.3, -0.25) is 9.59 Å². The van der Waals surface area contributed by atoms with Crippen LogP contribution in [0.4, 0.5) is 0 Å². The molecule has 5 nitrogen and oxygen atoms in total. The lowest BCUT2D eigenvalue weighted by Crippen LogP contribution is -2.41. The van der Waals surface area contributed by atoms with E-state index in [1.807, 2.05) is 28.0 Å². The van der Waals surface area contributed by atoms with Crippen LogP contribution >= 0.6 is 23.1 Å². The van der Waals surface area contributed by atoms with Crippen molar-refractivity contribution in [2.75, 3.05) is 31.6 Å². The van der Waals surface area contributed by atoms with E-state index < -0.39 is 0 Å². The van der Waals surface area contributed by atoms with Crippen LogP contribution < -0.4 is 5.32 Å². The second kappa shape index (κ2) is 6.35. The third kappa shape index (κ3) is 2.66. The van der Waals surface area contributed by atoms with Gasteiger partial charge >= 0.3 is 0 Å². The fourth-order valence-electron chi connectivity index (χ4n) is 4.57. The van der Waals surface area contributed by atoms with Crippen LogP contribution in [0.3, 0.4) is 0 Å². The molecule has 3 aliphatic rings. The maximum absolute atomic E-state index is 12.3. The molecule has 3 saturated heterocycles. The molecule has 4 heterocycles. The van der Waals surface area contributed by atoms with Gasteiger partial charge in [-0.2, -0.15) is 23.1 Å². The zero-order valence-corrected chi connectivity index (χ0v) is 15.3. The molecule has 2 bridgehead atoms. The summed E-state index contributed by atoms with van der Waals surface area (Å²) in [6.07, 6.45) is 4.27. The lowest BCUT2D eigenvalue weighted by Gasteiger charge is -2.29. The summed E-state index contributed by atoms with van der Waals surface area (Å²) < 4.78 is 6.33. The van der Waals surface area contributed by atoms with Gasteiger partial charge in [-0.1, -0.05) is 0 Å². The molecule has 4 rings (SSSR count). The predicted octanol–water partition coefficient (Wildman–Crippen LogP) is 1.85. The third-order valence-corrected chi connectivity index (χ3v) is 6.90. The number of hydrogen-bond donors (Lipinski definition) is 1. The van der Waals surface area contributed by atoms with Crippen molar-refractivity contribution in [3.8, 4) is 0 Å². The van der Waals surface area contributed by atoms with Crippen molar-refractivity contribution in [3.05, 3.63) is 22.4 Å². The zero-order valence-electron chi connectivity index (χ0n) is 13.7. The Morgan fingerprint density at radius 3 is 3.17 bits per heavy atom. The first-order valence-corrected chi connectivity index (χ1v) is 10.7. The number of nitrogens with zero attached hydrogens (tertiary/aromatic N) is 1. The van der Waals surface area contributed by atoms with Crippen LogP contribution in [0.15, 0.2) is 16.8 Å². The van der Waals surface area contributed by atoms with Crippen molar-refractivity contribution >= 4 is 34.9 Å². The monoisotopic (exact) mass is 366 g/mol. The van der Waals surface area contributed by atoms with E-state index in [2.05, 4.69) is 5.32 Å². The van der Waals surface area contributed by atoms with Gasteiger partial charge in [0.25, 0.3) is 5.91 Å². The Balaban J connectivity index is 1.42. The van der Waals surface area contributed by atoms with Gasteiger partial charge < -0.3 is 15.0 Å². The normalized spacial score (nSPS) is 33.7. The summed E-state index contributed by atoms with van der Waals surface area (Å²) in [4.78, 5) is 26.4. The number of thiophene rings is 1. The Hall–Kier alpha value is -1.05. The summed E-state index contributed by atoms with van der Waals surface area (Å²) in [5, 5.41) is 6.85. The summed E-state index contributed by atoms with van der Waals surface area (Å²) in [6.45, 7) is 2.13. The molecule has 2 amide bonds. The molecule has 0 saturated carbocycles. The van der Waals surface area contributed by atoms with Crippen LogP contribution in [0.25, 0.3) is 0 Å². The highest BCUT2D eigenvalue weighted by Gasteiger charge is 2.63. The van der Waals surface area contributed by atoms with Crippen LogP contribution in [0.2, 0.25) is 0 Å². The van der Waals surface area contributed by atoms with Crippen LogP contribution in [0.5, 0.6) is 0 Å². The summed E-state index contributed by atoms with van der Waals surface area (Å²) in [7, 11) is 0. The second-order valence-electron chi connectivity index (χ2n) is 6.96.